The minimum atomic E-state index is -0.0849. The number of rotatable bonds is 4. The molecule has 0 saturated heterocycles. The molecule has 1 aromatic rings. The van der Waals surface area contributed by atoms with E-state index in [1.54, 1.807) is 13.0 Å². The van der Waals surface area contributed by atoms with Crippen LogP contribution >= 0.6 is 0 Å². The highest BCUT2D eigenvalue weighted by atomic mass is 16.1. The van der Waals surface area contributed by atoms with Crippen LogP contribution in [0.4, 0.5) is 0 Å². The van der Waals surface area contributed by atoms with Crippen LogP contribution < -0.4 is 0 Å². The molecule has 0 aliphatic rings. The van der Waals surface area contributed by atoms with Crippen LogP contribution in [0.15, 0.2) is 24.3 Å². The molecule has 0 radical (unpaired) electrons. The molecule has 0 N–H and O–H groups in total. The lowest BCUT2D eigenvalue weighted by Crippen LogP contribution is -2.17. The molecule has 0 heterocycles. The quantitative estimate of drug-likeness (QED) is 0.773. The summed E-state index contributed by atoms with van der Waals surface area (Å²) in [4.78, 5) is 11.7. The third-order valence-electron chi connectivity index (χ3n) is 3.03. The highest BCUT2D eigenvalue weighted by Gasteiger charge is 2.22. The number of carbonyl (C=O) groups excluding carboxylic acids is 1. The van der Waals surface area contributed by atoms with E-state index in [9.17, 15) is 4.79 Å². The van der Waals surface area contributed by atoms with E-state index >= 15 is 0 Å². The third kappa shape index (κ3) is 2.70. The van der Waals surface area contributed by atoms with Gasteiger partial charge >= 0.3 is 0 Å². The SMILES string of the molecule is CCC(C)C(C(C)=O)c1cccc(C#N)c1. The molecular formula is C14H17NO. The van der Waals surface area contributed by atoms with Gasteiger partial charge in [-0.3, -0.25) is 4.79 Å². The van der Waals surface area contributed by atoms with Gasteiger partial charge in [-0.25, -0.2) is 0 Å². The monoisotopic (exact) mass is 215 g/mol. The number of hydrogen-bond donors (Lipinski definition) is 0. The topological polar surface area (TPSA) is 40.9 Å². The Morgan fingerprint density at radius 1 is 1.50 bits per heavy atom. The summed E-state index contributed by atoms with van der Waals surface area (Å²) < 4.78 is 0. The van der Waals surface area contributed by atoms with Gasteiger partial charge in [-0.2, -0.15) is 5.26 Å². The number of hydrogen-bond acceptors (Lipinski definition) is 2. The first-order chi connectivity index (χ1) is 7.60. The standard InChI is InChI=1S/C14H17NO/c1-4-10(2)14(11(3)16)13-7-5-6-12(8-13)9-15/h5-8,10,14H,4H2,1-3H3. The van der Waals surface area contributed by atoms with E-state index in [-0.39, 0.29) is 11.7 Å². The van der Waals surface area contributed by atoms with Gasteiger partial charge in [0.1, 0.15) is 5.78 Å². The fourth-order valence-electron chi connectivity index (χ4n) is 2.00. The molecule has 0 aromatic heterocycles. The van der Waals surface area contributed by atoms with Crippen LogP contribution in [0.5, 0.6) is 0 Å². The van der Waals surface area contributed by atoms with Crippen molar-refractivity contribution < 1.29 is 4.79 Å². The molecule has 16 heavy (non-hydrogen) atoms. The van der Waals surface area contributed by atoms with E-state index in [2.05, 4.69) is 19.9 Å². The van der Waals surface area contributed by atoms with Gasteiger partial charge in [-0.05, 0) is 30.5 Å². The second-order valence-electron chi connectivity index (χ2n) is 4.21. The van der Waals surface area contributed by atoms with Gasteiger partial charge in [0, 0.05) is 5.92 Å². The number of benzene rings is 1. The van der Waals surface area contributed by atoms with E-state index < -0.39 is 0 Å². The summed E-state index contributed by atoms with van der Waals surface area (Å²) in [6.07, 6.45) is 0.959. The van der Waals surface area contributed by atoms with Gasteiger partial charge < -0.3 is 0 Å². The zero-order valence-corrected chi connectivity index (χ0v) is 10.0. The van der Waals surface area contributed by atoms with Gasteiger partial charge in [-0.1, -0.05) is 32.4 Å². The van der Waals surface area contributed by atoms with Crippen LogP contribution in [0.1, 0.15) is 44.2 Å². The maximum atomic E-state index is 11.7. The van der Waals surface area contributed by atoms with Gasteiger partial charge in [0.05, 0.1) is 11.6 Å². The molecule has 84 valence electrons. The summed E-state index contributed by atoms with van der Waals surface area (Å²) >= 11 is 0. The minimum Gasteiger partial charge on any atom is -0.299 e. The molecule has 0 fully saturated rings. The van der Waals surface area contributed by atoms with Crippen molar-refractivity contribution >= 4 is 5.78 Å². The van der Waals surface area contributed by atoms with Crippen LogP contribution in [-0.2, 0) is 4.79 Å². The molecular weight excluding hydrogens is 198 g/mol. The Kier molecular flexibility index (Phi) is 4.25. The molecule has 2 nitrogen and oxygen atoms in total. The molecule has 0 aliphatic carbocycles. The molecule has 0 aliphatic heterocycles. The molecule has 2 atom stereocenters. The van der Waals surface area contributed by atoms with Crippen molar-refractivity contribution in [2.75, 3.05) is 0 Å². The van der Waals surface area contributed by atoms with Gasteiger partial charge in [0.25, 0.3) is 0 Å². The molecule has 2 heteroatoms. The zero-order valence-electron chi connectivity index (χ0n) is 10.0. The second kappa shape index (κ2) is 5.46. The van der Waals surface area contributed by atoms with E-state index in [4.69, 9.17) is 5.26 Å². The van der Waals surface area contributed by atoms with E-state index in [1.807, 2.05) is 18.2 Å². The Morgan fingerprint density at radius 2 is 2.19 bits per heavy atom. The van der Waals surface area contributed by atoms with Crippen molar-refractivity contribution in [1.82, 2.24) is 0 Å². The molecule has 0 saturated carbocycles. The maximum absolute atomic E-state index is 11.7. The molecule has 1 rings (SSSR count). The van der Waals surface area contributed by atoms with Gasteiger partial charge in [-0.15, -0.1) is 0 Å². The van der Waals surface area contributed by atoms with Crippen LogP contribution in [0.2, 0.25) is 0 Å². The Hall–Kier alpha value is -1.62. The lowest BCUT2D eigenvalue weighted by molar-refractivity contribution is -0.119. The first kappa shape index (κ1) is 12.4. The number of nitrogens with zero attached hydrogens (tertiary/aromatic N) is 1. The average Bonchev–Trinajstić information content (AvgIpc) is 2.29. The van der Waals surface area contributed by atoms with Crippen molar-refractivity contribution in [1.29, 1.82) is 5.26 Å². The summed E-state index contributed by atoms with van der Waals surface area (Å²) in [6.45, 7) is 5.77. The smallest absolute Gasteiger partial charge is 0.137 e. The third-order valence-corrected chi connectivity index (χ3v) is 3.03. The highest BCUT2D eigenvalue weighted by molar-refractivity contribution is 5.83. The lowest BCUT2D eigenvalue weighted by atomic mass is 9.82. The fraction of sp³-hybridized carbons (Fsp3) is 0.429. The molecule has 0 bridgehead atoms. The normalized spacial score (nSPS) is 13.9. The Bertz CT molecular complexity index is 417. The number of carbonyl (C=O) groups is 1. The molecule has 2 unspecified atom stereocenters. The predicted molar refractivity (Wildman–Crippen MR) is 64.0 cm³/mol. The number of nitriles is 1. The minimum absolute atomic E-state index is 0.0849. The van der Waals surface area contributed by atoms with Crippen LogP contribution in [0, 0.1) is 17.2 Å². The molecule has 1 aromatic carbocycles. The van der Waals surface area contributed by atoms with Crippen molar-refractivity contribution in [3.05, 3.63) is 35.4 Å². The maximum Gasteiger partial charge on any atom is 0.137 e. The summed E-state index contributed by atoms with van der Waals surface area (Å²) in [5, 5.41) is 8.84. The second-order valence-corrected chi connectivity index (χ2v) is 4.21. The first-order valence-electron chi connectivity index (χ1n) is 5.60. The van der Waals surface area contributed by atoms with Crippen molar-refractivity contribution in [3.63, 3.8) is 0 Å². The largest absolute Gasteiger partial charge is 0.299 e. The summed E-state index contributed by atoms with van der Waals surface area (Å²) in [5.74, 6) is 0.397. The average molecular weight is 215 g/mol. The summed E-state index contributed by atoms with van der Waals surface area (Å²) in [6, 6.07) is 9.45. The van der Waals surface area contributed by atoms with Crippen LogP contribution in [0.25, 0.3) is 0 Å². The van der Waals surface area contributed by atoms with E-state index in [1.165, 1.54) is 0 Å². The predicted octanol–water partition coefficient (Wildman–Crippen LogP) is 3.28. The van der Waals surface area contributed by atoms with Gasteiger partial charge in [0.2, 0.25) is 0 Å². The number of Topliss-reactive ketones (excluding diaryl/α,β-unsaturated/α-hetero) is 1. The first-order valence-corrected chi connectivity index (χ1v) is 5.60. The molecule has 0 spiro atoms. The van der Waals surface area contributed by atoms with Gasteiger partial charge in [0.15, 0.2) is 0 Å². The van der Waals surface area contributed by atoms with Crippen molar-refractivity contribution in [3.8, 4) is 6.07 Å². The Morgan fingerprint density at radius 3 is 2.69 bits per heavy atom. The lowest BCUT2D eigenvalue weighted by Gasteiger charge is -2.20. The van der Waals surface area contributed by atoms with Crippen LogP contribution in [0.3, 0.4) is 0 Å². The molecule has 0 amide bonds. The van der Waals surface area contributed by atoms with Crippen molar-refractivity contribution in [2.24, 2.45) is 5.92 Å². The number of ketones is 1. The van der Waals surface area contributed by atoms with E-state index in [0.717, 1.165) is 12.0 Å². The zero-order chi connectivity index (χ0) is 12.1. The Balaban J connectivity index is 3.11. The van der Waals surface area contributed by atoms with Crippen LogP contribution in [-0.4, -0.2) is 5.78 Å². The van der Waals surface area contributed by atoms with Crippen molar-refractivity contribution in [2.45, 2.75) is 33.1 Å². The van der Waals surface area contributed by atoms with E-state index in [0.29, 0.717) is 11.5 Å². The summed E-state index contributed by atoms with van der Waals surface area (Å²) in [7, 11) is 0. The summed E-state index contributed by atoms with van der Waals surface area (Å²) in [5.41, 5.74) is 1.58. The Labute approximate surface area is 96.9 Å². The highest BCUT2D eigenvalue weighted by Crippen LogP contribution is 2.28. The fourth-order valence-corrected chi connectivity index (χ4v) is 2.00.